The van der Waals surface area contributed by atoms with Crippen molar-refractivity contribution in [1.82, 2.24) is 4.98 Å². The van der Waals surface area contributed by atoms with E-state index in [1.54, 1.807) is 0 Å². The van der Waals surface area contributed by atoms with Crippen LogP contribution in [-0.4, -0.2) is 9.81 Å². The average Bonchev–Trinajstić information content (AvgIpc) is 2.15. The summed E-state index contributed by atoms with van der Waals surface area (Å²) >= 11 is 3.48. The fraction of sp³-hybridized carbons (Fsp3) is 0.429. The molecule has 1 aromatic heterocycles. The first kappa shape index (κ1) is 6.87. The minimum Gasteiger partial charge on any atom is -0.367 e. The van der Waals surface area contributed by atoms with Crippen molar-refractivity contribution in [1.29, 1.82) is 0 Å². The Labute approximate surface area is 63.6 Å². The zero-order chi connectivity index (χ0) is 6.69. The minimum absolute atomic E-state index is 0.577. The molecular weight excluding hydrogens is 178 g/mol. The number of hydrogen-bond acceptors (Lipinski definition) is 0. The molecule has 1 aromatic rings. The molecule has 0 amide bonds. The molecule has 0 aliphatic rings. The van der Waals surface area contributed by atoms with E-state index >= 15 is 0 Å². The first-order chi connectivity index (χ1) is 4.29. The van der Waals surface area contributed by atoms with E-state index in [9.17, 15) is 0 Å². The number of nitrogens with one attached hydrogen (secondary N) is 1. The first-order valence-electron chi connectivity index (χ1n) is 3.05. The van der Waals surface area contributed by atoms with E-state index in [4.69, 9.17) is 0 Å². The largest absolute Gasteiger partial charge is 0.367 e. The van der Waals surface area contributed by atoms with Gasteiger partial charge in [-0.05, 0) is 18.1 Å². The Hall–Kier alpha value is -0.240. The van der Waals surface area contributed by atoms with Gasteiger partial charge in [0.15, 0.2) is 0 Å². The van der Waals surface area contributed by atoms with E-state index in [1.807, 2.05) is 12.4 Å². The average molecular weight is 188 g/mol. The standard InChI is InChI=1S/C7H10BrN/c1-6(8)4-7-2-3-9-5-7/h2-3,5-6,9H,4H2,1H3. The fourth-order valence-corrected chi connectivity index (χ4v) is 1.18. The number of halogens is 1. The van der Waals surface area contributed by atoms with Gasteiger partial charge in [-0.15, -0.1) is 0 Å². The lowest BCUT2D eigenvalue weighted by Gasteiger charge is -1.96. The zero-order valence-electron chi connectivity index (χ0n) is 5.39. The summed E-state index contributed by atoms with van der Waals surface area (Å²) in [4.78, 5) is 3.59. The maximum absolute atomic E-state index is 3.48. The van der Waals surface area contributed by atoms with Crippen molar-refractivity contribution < 1.29 is 0 Å². The van der Waals surface area contributed by atoms with Crippen LogP contribution in [0.15, 0.2) is 18.5 Å². The lowest BCUT2D eigenvalue weighted by Crippen LogP contribution is -1.93. The predicted molar refractivity (Wildman–Crippen MR) is 42.9 cm³/mol. The number of aromatic amines is 1. The molecule has 1 unspecified atom stereocenters. The Bertz CT molecular complexity index is 155. The first-order valence-corrected chi connectivity index (χ1v) is 3.96. The van der Waals surface area contributed by atoms with Crippen molar-refractivity contribution in [2.75, 3.05) is 0 Å². The molecule has 0 fully saturated rings. The van der Waals surface area contributed by atoms with E-state index in [2.05, 4.69) is 33.9 Å². The molecule has 0 aromatic carbocycles. The van der Waals surface area contributed by atoms with Crippen LogP contribution >= 0.6 is 15.9 Å². The SMILES string of the molecule is CC(Br)Cc1cc[nH]c1. The quantitative estimate of drug-likeness (QED) is 0.685. The monoisotopic (exact) mass is 187 g/mol. The fourth-order valence-electron chi connectivity index (χ4n) is 0.810. The summed E-state index contributed by atoms with van der Waals surface area (Å²) in [5.41, 5.74) is 1.36. The summed E-state index contributed by atoms with van der Waals surface area (Å²) in [6, 6.07) is 2.10. The van der Waals surface area contributed by atoms with Crippen LogP contribution in [0.1, 0.15) is 12.5 Å². The Kier molecular flexibility index (Phi) is 2.34. The molecule has 1 rings (SSSR count). The molecule has 0 aliphatic carbocycles. The van der Waals surface area contributed by atoms with Gasteiger partial charge in [-0.3, -0.25) is 0 Å². The molecule has 1 heterocycles. The van der Waals surface area contributed by atoms with E-state index in [0.717, 1.165) is 6.42 Å². The van der Waals surface area contributed by atoms with Crippen LogP contribution in [0.5, 0.6) is 0 Å². The second-order valence-electron chi connectivity index (χ2n) is 2.20. The summed E-state index contributed by atoms with van der Waals surface area (Å²) in [6.07, 6.45) is 5.08. The molecule has 0 aliphatic heterocycles. The van der Waals surface area contributed by atoms with Gasteiger partial charge in [-0.1, -0.05) is 22.9 Å². The van der Waals surface area contributed by atoms with E-state index in [1.165, 1.54) is 5.56 Å². The number of aromatic nitrogens is 1. The third-order valence-corrected chi connectivity index (χ3v) is 1.50. The van der Waals surface area contributed by atoms with Gasteiger partial charge in [0.25, 0.3) is 0 Å². The number of alkyl halides is 1. The van der Waals surface area contributed by atoms with Gasteiger partial charge in [-0.25, -0.2) is 0 Å². The van der Waals surface area contributed by atoms with Gasteiger partial charge in [0.2, 0.25) is 0 Å². The van der Waals surface area contributed by atoms with Gasteiger partial charge >= 0.3 is 0 Å². The second kappa shape index (κ2) is 3.06. The van der Waals surface area contributed by atoms with Gasteiger partial charge < -0.3 is 4.98 Å². The molecule has 0 radical (unpaired) electrons. The Morgan fingerprint density at radius 2 is 2.56 bits per heavy atom. The molecular formula is C7H10BrN. The molecule has 0 bridgehead atoms. The third kappa shape index (κ3) is 2.22. The summed E-state index contributed by atoms with van der Waals surface area (Å²) in [5, 5.41) is 0. The number of rotatable bonds is 2. The van der Waals surface area contributed by atoms with Crippen LogP contribution in [0.3, 0.4) is 0 Å². The lowest BCUT2D eigenvalue weighted by molar-refractivity contribution is 0.961. The molecule has 2 heteroatoms. The second-order valence-corrected chi connectivity index (χ2v) is 3.77. The van der Waals surface area contributed by atoms with Crippen LogP contribution in [0.25, 0.3) is 0 Å². The summed E-state index contributed by atoms with van der Waals surface area (Å²) in [5.74, 6) is 0. The van der Waals surface area contributed by atoms with E-state index < -0.39 is 0 Å². The molecule has 0 saturated heterocycles. The van der Waals surface area contributed by atoms with Gasteiger partial charge in [0.05, 0.1) is 0 Å². The highest BCUT2D eigenvalue weighted by Gasteiger charge is 1.96. The molecule has 1 N–H and O–H groups in total. The van der Waals surface area contributed by atoms with E-state index in [0.29, 0.717) is 4.83 Å². The van der Waals surface area contributed by atoms with Crippen LogP contribution in [0, 0.1) is 0 Å². The molecule has 0 saturated carbocycles. The Morgan fingerprint density at radius 3 is 3.00 bits per heavy atom. The van der Waals surface area contributed by atoms with Crippen molar-refractivity contribution in [3.63, 3.8) is 0 Å². The lowest BCUT2D eigenvalue weighted by atomic mass is 10.2. The Balaban J connectivity index is 2.48. The zero-order valence-corrected chi connectivity index (χ0v) is 6.98. The Morgan fingerprint density at radius 1 is 1.78 bits per heavy atom. The summed E-state index contributed by atoms with van der Waals surface area (Å²) in [7, 11) is 0. The number of hydrogen-bond donors (Lipinski definition) is 1. The van der Waals surface area contributed by atoms with Crippen molar-refractivity contribution in [3.05, 3.63) is 24.0 Å². The molecule has 1 nitrogen and oxygen atoms in total. The molecule has 1 atom stereocenters. The highest BCUT2D eigenvalue weighted by atomic mass is 79.9. The van der Waals surface area contributed by atoms with Gasteiger partial charge in [0.1, 0.15) is 0 Å². The van der Waals surface area contributed by atoms with Crippen LogP contribution < -0.4 is 0 Å². The third-order valence-electron chi connectivity index (χ3n) is 1.18. The highest BCUT2D eigenvalue weighted by molar-refractivity contribution is 9.09. The number of H-pyrrole nitrogens is 1. The molecule has 0 spiro atoms. The minimum atomic E-state index is 0.577. The topological polar surface area (TPSA) is 15.8 Å². The smallest absolute Gasteiger partial charge is 0.0158 e. The van der Waals surface area contributed by atoms with Crippen LogP contribution in [-0.2, 0) is 6.42 Å². The predicted octanol–water partition coefficient (Wildman–Crippen LogP) is 2.34. The van der Waals surface area contributed by atoms with E-state index in [-0.39, 0.29) is 0 Å². The maximum Gasteiger partial charge on any atom is 0.0158 e. The van der Waals surface area contributed by atoms with Crippen molar-refractivity contribution in [2.24, 2.45) is 0 Å². The van der Waals surface area contributed by atoms with Crippen molar-refractivity contribution in [2.45, 2.75) is 18.2 Å². The molecule has 9 heavy (non-hydrogen) atoms. The summed E-state index contributed by atoms with van der Waals surface area (Å²) < 4.78 is 0. The van der Waals surface area contributed by atoms with Crippen molar-refractivity contribution >= 4 is 15.9 Å². The van der Waals surface area contributed by atoms with Gasteiger partial charge in [-0.2, -0.15) is 0 Å². The maximum atomic E-state index is 3.48. The highest BCUT2D eigenvalue weighted by Crippen LogP contribution is 2.07. The normalized spacial score (nSPS) is 13.6. The van der Waals surface area contributed by atoms with Crippen LogP contribution in [0.4, 0.5) is 0 Å². The van der Waals surface area contributed by atoms with Crippen molar-refractivity contribution in [3.8, 4) is 0 Å². The van der Waals surface area contributed by atoms with Crippen LogP contribution in [0.2, 0.25) is 0 Å². The summed E-state index contributed by atoms with van der Waals surface area (Å²) in [6.45, 7) is 2.15. The van der Waals surface area contributed by atoms with Gasteiger partial charge in [0, 0.05) is 17.2 Å². The molecule has 50 valence electrons.